The van der Waals surface area contributed by atoms with Crippen LogP contribution in [0, 0.1) is 10.8 Å². The van der Waals surface area contributed by atoms with Crippen LogP contribution in [-0.2, 0) is 0 Å². The molecular weight excluding hydrogens is 296 g/mol. The molecule has 0 aromatic heterocycles. The summed E-state index contributed by atoms with van der Waals surface area (Å²) in [4.78, 5) is 25.3. The van der Waals surface area contributed by atoms with Gasteiger partial charge in [0, 0.05) is 22.0 Å². The lowest BCUT2D eigenvalue weighted by Gasteiger charge is -2.22. The molecule has 0 saturated heterocycles. The topological polar surface area (TPSA) is 34.1 Å². The average molecular weight is 324 g/mol. The largest absolute Gasteiger partial charge is 0.294 e. The molecule has 0 N–H and O–H groups in total. The Morgan fingerprint density at radius 3 is 1.33 bits per heavy atom. The first kappa shape index (κ1) is 18.4. The van der Waals surface area contributed by atoms with E-state index in [1.54, 1.807) is 0 Å². The summed E-state index contributed by atoms with van der Waals surface area (Å²) >= 11 is 0. The minimum Gasteiger partial charge on any atom is -0.294 e. The highest BCUT2D eigenvalue weighted by Crippen LogP contribution is 2.30. The maximum atomic E-state index is 12.6. The number of Topliss-reactive ketones (excluding diaryl/α,β-unsaturated/α-hetero) is 2. The summed E-state index contributed by atoms with van der Waals surface area (Å²) in [5, 5.41) is 2.00. The van der Waals surface area contributed by atoms with E-state index in [1.165, 1.54) is 0 Å². The number of rotatable bonds is 6. The van der Waals surface area contributed by atoms with Gasteiger partial charge in [-0.2, -0.15) is 0 Å². The molecule has 0 fully saturated rings. The zero-order valence-electron chi connectivity index (χ0n) is 15.7. The Kier molecular flexibility index (Phi) is 4.98. The van der Waals surface area contributed by atoms with E-state index < -0.39 is 0 Å². The molecular formula is C22H28O2. The minimum absolute atomic E-state index is 0.166. The summed E-state index contributed by atoms with van der Waals surface area (Å²) in [5.74, 6) is 0.332. The van der Waals surface area contributed by atoms with Crippen LogP contribution in [0.2, 0.25) is 0 Å². The summed E-state index contributed by atoms with van der Waals surface area (Å²) in [7, 11) is 0. The molecule has 2 aromatic carbocycles. The molecule has 2 aromatic rings. The van der Waals surface area contributed by atoms with Crippen molar-refractivity contribution < 1.29 is 9.59 Å². The van der Waals surface area contributed by atoms with Gasteiger partial charge in [-0.25, -0.2) is 0 Å². The zero-order valence-corrected chi connectivity index (χ0v) is 15.7. The molecule has 0 amide bonds. The second-order valence-corrected chi connectivity index (χ2v) is 7.91. The molecule has 2 rings (SSSR count). The molecule has 0 bridgehead atoms. The number of hydrogen-bond donors (Lipinski definition) is 0. The molecule has 2 nitrogen and oxygen atoms in total. The molecule has 0 saturated carbocycles. The van der Waals surface area contributed by atoms with E-state index >= 15 is 0 Å². The fourth-order valence-corrected chi connectivity index (χ4v) is 2.63. The number of ketones is 2. The Balaban J connectivity index is 2.43. The van der Waals surface area contributed by atoms with Crippen LogP contribution in [0.25, 0.3) is 10.8 Å². The van der Waals surface area contributed by atoms with Gasteiger partial charge in [0.2, 0.25) is 0 Å². The van der Waals surface area contributed by atoms with Crippen molar-refractivity contribution >= 4 is 22.3 Å². The first-order valence-corrected chi connectivity index (χ1v) is 8.76. The highest BCUT2D eigenvalue weighted by molar-refractivity contribution is 6.05. The van der Waals surface area contributed by atoms with Gasteiger partial charge in [0.25, 0.3) is 0 Å². The summed E-state index contributed by atoms with van der Waals surface area (Å²) in [5.41, 5.74) is 0.772. The van der Waals surface area contributed by atoms with Crippen molar-refractivity contribution in [3.05, 3.63) is 47.5 Å². The zero-order chi connectivity index (χ0) is 18.1. The van der Waals surface area contributed by atoms with Crippen LogP contribution in [0.15, 0.2) is 36.4 Å². The SMILES string of the molecule is CCC(C)(C)C(=O)c1ccc2cc(C(=O)C(C)(C)CC)ccc2c1. The van der Waals surface area contributed by atoms with Gasteiger partial charge in [0.15, 0.2) is 11.6 Å². The van der Waals surface area contributed by atoms with Crippen molar-refractivity contribution in [2.45, 2.75) is 54.4 Å². The number of hydrogen-bond acceptors (Lipinski definition) is 2. The van der Waals surface area contributed by atoms with E-state index in [-0.39, 0.29) is 22.4 Å². The summed E-state index contributed by atoms with van der Waals surface area (Å²) in [6, 6.07) is 11.5. The van der Waals surface area contributed by atoms with E-state index in [2.05, 4.69) is 0 Å². The van der Waals surface area contributed by atoms with Gasteiger partial charge in [-0.15, -0.1) is 0 Å². The van der Waals surface area contributed by atoms with E-state index in [4.69, 9.17) is 0 Å². The molecule has 2 heteroatoms. The van der Waals surface area contributed by atoms with Crippen LogP contribution < -0.4 is 0 Å². The Morgan fingerprint density at radius 1 is 0.708 bits per heavy atom. The predicted octanol–water partition coefficient (Wildman–Crippen LogP) is 6.08. The van der Waals surface area contributed by atoms with Crippen LogP contribution in [0.3, 0.4) is 0 Å². The fraction of sp³-hybridized carbons (Fsp3) is 0.455. The number of benzene rings is 2. The monoisotopic (exact) mass is 324 g/mol. The third-order valence-corrected chi connectivity index (χ3v) is 5.36. The molecule has 0 aliphatic heterocycles. The number of carbonyl (C=O) groups is 2. The molecule has 24 heavy (non-hydrogen) atoms. The first-order chi connectivity index (χ1) is 11.1. The van der Waals surface area contributed by atoms with Crippen LogP contribution in [0.5, 0.6) is 0 Å². The third kappa shape index (κ3) is 3.43. The number of carbonyl (C=O) groups excluding carboxylic acids is 2. The second-order valence-electron chi connectivity index (χ2n) is 7.91. The van der Waals surface area contributed by atoms with E-state index in [0.29, 0.717) is 0 Å². The molecule has 0 heterocycles. The van der Waals surface area contributed by atoms with Crippen molar-refractivity contribution in [2.75, 3.05) is 0 Å². The van der Waals surface area contributed by atoms with Gasteiger partial charge in [0.05, 0.1) is 0 Å². The second kappa shape index (κ2) is 6.51. The van der Waals surface area contributed by atoms with Gasteiger partial charge in [-0.05, 0) is 35.7 Å². The Morgan fingerprint density at radius 2 is 1.04 bits per heavy atom. The van der Waals surface area contributed by atoms with Crippen LogP contribution in [0.1, 0.15) is 75.1 Å². The Labute approximate surface area is 145 Å². The van der Waals surface area contributed by atoms with Gasteiger partial charge in [-0.3, -0.25) is 9.59 Å². The lowest BCUT2D eigenvalue weighted by atomic mass is 9.80. The first-order valence-electron chi connectivity index (χ1n) is 8.76. The average Bonchev–Trinajstić information content (AvgIpc) is 2.59. The standard InChI is InChI=1S/C22H28O2/c1-7-21(3,4)19(23)17-11-9-16-14-18(12-10-15(16)13-17)20(24)22(5,6)8-2/h9-14H,7-8H2,1-6H3. The van der Waals surface area contributed by atoms with Crippen LogP contribution >= 0.6 is 0 Å². The highest BCUT2D eigenvalue weighted by atomic mass is 16.1. The Bertz CT molecular complexity index is 714. The molecule has 0 unspecified atom stereocenters. The maximum Gasteiger partial charge on any atom is 0.168 e. The minimum atomic E-state index is -0.352. The highest BCUT2D eigenvalue weighted by Gasteiger charge is 2.28. The lowest BCUT2D eigenvalue weighted by Crippen LogP contribution is -2.23. The molecule has 128 valence electrons. The molecule has 0 spiro atoms. The third-order valence-electron chi connectivity index (χ3n) is 5.36. The van der Waals surface area contributed by atoms with Crippen molar-refractivity contribution in [1.29, 1.82) is 0 Å². The normalized spacial score (nSPS) is 12.4. The Hall–Kier alpha value is -1.96. The molecule has 0 aliphatic carbocycles. The quantitative estimate of drug-likeness (QED) is 0.604. The van der Waals surface area contributed by atoms with Crippen LogP contribution in [-0.4, -0.2) is 11.6 Å². The van der Waals surface area contributed by atoms with Gasteiger partial charge in [0.1, 0.15) is 0 Å². The predicted molar refractivity (Wildman–Crippen MR) is 101 cm³/mol. The van der Waals surface area contributed by atoms with Gasteiger partial charge in [-0.1, -0.05) is 65.8 Å². The molecule has 0 aliphatic rings. The summed E-state index contributed by atoms with van der Waals surface area (Å²) in [6.45, 7) is 12.0. The van der Waals surface area contributed by atoms with Gasteiger partial charge < -0.3 is 0 Å². The number of fused-ring (bicyclic) bond motifs is 1. The maximum absolute atomic E-state index is 12.6. The van der Waals surface area contributed by atoms with E-state index in [9.17, 15) is 9.59 Å². The van der Waals surface area contributed by atoms with Crippen molar-refractivity contribution in [3.8, 4) is 0 Å². The lowest BCUT2D eigenvalue weighted by molar-refractivity contribution is 0.0827. The van der Waals surface area contributed by atoms with Crippen molar-refractivity contribution in [2.24, 2.45) is 10.8 Å². The van der Waals surface area contributed by atoms with Crippen molar-refractivity contribution in [3.63, 3.8) is 0 Å². The smallest absolute Gasteiger partial charge is 0.168 e. The molecule has 0 radical (unpaired) electrons. The van der Waals surface area contributed by atoms with E-state index in [1.807, 2.05) is 77.9 Å². The van der Waals surface area contributed by atoms with E-state index in [0.717, 1.165) is 34.7 Å². The molecule has 0 atom stereocenters. The van der Waals surface area contributed by atoms with Gasteiger partial charge >= 0.3 is 0 Å². The van der Waals surface area contributed by atoms with Crippen molar-refractivity contribution in [1.82, 2.24) is 0 Å². The fourth-order valence-electron chi connectivity index (χ4n) is 2.63. The summed E-state index contributed by atoms with van der Waals surface area (Å²) < 4.78 is 0. The summed E-state index contributed by atoms with van der Waals surface area (Å²) in [6.07, 6.45) is 1.62. The van der Waals surface area contributed by atoms with Crippen LogP contribution in [0.4, 0.5) is 0 Å².